The van der Waals surface area contributed by atoms with Gasteiger partial charge < -0.3 is 4.84 Å². The molecule has 0 saturated heterocycles. The fourth-order valence-electron chi connectivity index (χ4n) is 0.375. The van der Waals surface area contributed by atoms with Gasteiger partial charge in [0.1, 0.15) is 0 Å². The third kappa shape index (κ3) is 0.324. The molecule has 2 rings (SSSR count). The summed E-state index contributed by atoms with van der Waals surface area (Å²) >= 11 is 1.38. The van der Waals surface area contributed by atoms with Gasteiger partial charge in [-0.15, -0.1) is 0 Å². The summed E-state index contributed by atoms with van der Waals surface area (Å²) in [6.07, 6.45) is 0. The van der Waals surface area contributed by atoms with E-state index >= 15 is 0 Å². The van der Waals surface area contributed by atoms with E-state index in [1.165, 1.54) is 16.5 Å². The van der Waals surface area contributed by atoms with E-state index < -0.39 is 0 Å². The Hall–Kier alpha value is -0.710. The lowest BCUT2D eigenvalue weighted by atomic mass is 11.0. The second-order valence-corrected chi connectivity index (χ2v) is 1.84. The molecule has 2 aliphatic heterocycles. The molecule has 2 bridgehead atoms. The summed E-state index contributed by atoms with van der Waals surface area (Å²) in [4.78, 5) is 4.80. The highest BCUT2D eigenvalue weighted by molar-refractivity contribution is 7.99. The summed E-state index contributed by atoms with van der Waals surface area (Å²) in [6.45, 7) is 0. The molecule has 7 heavy (non-hydrogen) atoms. The molecule has 0 amide bonds. The van der Waals surface area contributed by atoms with Crippen LogP contribution in [0, 0.1) is 0 Å². The fourth-order valence-corrected chi connectivity index (χ4v) is 0.844. The van der Waals surface area contributed by atoms with E-state index in [1.807, 2.05) is 0 Å². The Balaban J connectivity index is 2.45. The molecule has 0 saturated carbocycles. The van der Waals surface area contributed by atoms with E-state index in [1.54, 1.807) is 5.41 Å². The van der Waals surface area contributed by atoms with Gasteiger partial charge in [-0.3, -0.25) is 0 Å². The molecule has 2 heterocycles. The minimum atomic E-state index is 0.588. The largest absolute Gasteiger partial charge is 0.327 e. The Morgan fingerprint density at radius 1 is 1.86 bits per heavy atom. The van der Waals surface area contributed by atoms with E-state index in [0.29, 0.717) is 5.88 Å². The van der Waals surface area contributed by atoms with Crippen molar-refractivity contribution in [3.63, 3.8) is 0 Å². The summed E-state index contributed by atoms with van der Waals surface area (Å²) in [7, 11) is 0. The predicted octanol–water partition coefficient (Wildman–Crippen LogP) is 1.06. The normalized spacial score (nSPS) is 22.9. The van der Waals surface area contributed by atoms with Crippen LogP contribution >= 0.6 is 11.9 Å². The van der Waals surface area contributed by atoms with Crippen LogP contribution in [0.5, 0.6) is 0 Å². The van der Waals surface area contributed by atoms with E-state index in [-0.39, 0.29) is 0 Å². The van der Waals surface area contributed by atoms with E-state index in [9.17, 15) is 0 Å². The highest BCUT2D eigenvalue weighted by Crippen LogP contribution is 2.32. The van der Waals surface area contributed by atoms with E-state index in [4.69, 9.17) is 4.84 Å². The smallest absolute Gasteiger partial charge is 0.278 e. The Bertz CT molecular complexity index is 153. The van der Waals surface area contributed by atoms with Gasteiger partial charge in [0.05, 0.1) is 17.4 Å². The molecule has 0 aromatic carbocycles. The predicted molar refractivity (Wildman–Crippen MR) is 23.5 cm³/mol. The van der Waals surface area contributed by atoms with Crippen molar-refractivity contribution in [3.05, 3.63) is 11.3 Å². The standard InChI is InChI=1S/C2HN3OS/c1-2-3-4-5(6-2)7-1/h1H. The van der Waals surface area contributed by atoms with Crippen molar-refractivity contribution in [1.29, 1.82) is 0 Å². The molecule has 5 heteroatoms. The second-order valence-electron chi connectivity index (χ2n) is 1.08. The number of rotatable bonds is 0. The highest BCUT2D eigenvalue weighted by atomic mass is 32.2. The average Bonchev–Trinajstić information content (AvgIpc) is 2.22. The van der Waals surface area contributed by atoms with Gasteiger partial charge in [0.15, 0.2) is 0 Å². The first-order valence-corrected chi connectivity index (χ1v) is 2.55. The minimum Gasteiger partial charge on any atom is -0.327 e. The summed E-state index contributed by atoms with van der Waals surface area (Å²) < 4.78 is 1.34. The maximum atomic E-state index is 4.80. The monoisotopic (exact) mass is 115 g/mol. The minimum absolute atomic E-state index is 0.588. The maximum Gasteiger partial charge on any atom is 0.278 e. The molecule has 0 aliphatic carbocycles. The average molecular weight is 115 g/mol. The van der Waals surface area contributed by atoms with Crippen molar-refractivity contribution in [1.82, 2.24) is 4.58 Å². The zero-order valence-electron chi connectivity index (χ0n) is 3.24. The number of fused-ring (bicyclic) bond motifs is 2. The topological polar surface area (TPSA) is 37.2 Å². The lowest BCUT2D eigenvalue weighted by Gasteiger charge is -1.95. The van der Waals surface area contributed by atoms with Gasteiger partial charge in [0.2, 0.25) is 0 Å². The first kappa shape index (κ1) is 3.31. The molecule has 0 aromatic rings. The van der Waals surface area contributed by atoms with Gasteiger partial charge in [0.25, 0.3) is 5.88 Å². The molecule has 0 atom stereocenters. The first-order chi connectivity index (χ1) is 3.45. The van der Waals surface area contributed by atoms with E-state index in [0.717, 1.165) is 0 Å². The molecule has 36 valence electrons. The van der Waals surface area contributed by atoms with Crippen LogP contribution in [0.25, 0.3) is 0 Å². The van der Waals surface area contributed by atoms with Gasteiger partial charge >= 0.3 is 0 Å². The summed E-state index contributed by atoms with van der Waals surface area (Å²) in [5.74, 6) is 0.588. The van der Waals surface area contributed by atoms with Crippen LogP contribution in [0.3, 0.4) is 0 Å². The Labute approximate surface area is 43.9 Å². The number of hydrogen-bond acceptors (Lipinski definition) is 5. The molecule has 0 unspecified atom stereocenters. The van der Waals surface area contributed by atoms with Gasteiger partial charge in [-0.2, -0.15) is 0 Å². The van der Waals surface area contributed by atoms with Crippen molar-refractivity contribution in [3.8, 4) is 0 Å². The molecule has 0 radical (unpaired) electrons. The van der Waals surface area contributed by atoms with Crippen LogP contribution in [-0.4, -0.2) is 4.58 Å². The van der Waals surface area contributed by atoms with Gasteiger partial charge in [-0.1, -0.05) is 5.11 Å². The van der Waals surface area contributed by atoms with Crippen molar-refractivity contribution in [2.45, 2.75) is 0 Å². The quantitative estimate of drug-likeness (QED) is 0.443. The molecule has 0 aromatic heterocycles. The summed E-state index contributed by atoms with van der Waals surface area (Å²) in [6, 6.07) is 0. The SMILES string of the molecule is C1=C2N=NN(O2)S1. The van der Waals surface area contributed by atoms with Gasteiger partial charge in [0, 0.05) is 0 Å². The summed E-state index contributed by atoms with van der Waals surface area (Å²) in [5.41, 5.74) is 0. The first-order valence-electron chi connectivity index (χ1n) is 1.72. The third-order valence-corrected chi connectivity index (χ3v) is 1.27. The number of nitrogens with zero attached hydrogens (tertiary/aromatic N) is 3. The van der Waals surface area contributed by atoms with Crippen LogP contribution in [-0.2, 0) is 4.84 Å². The summed E-state index contributed by atoms with van der Waals surface area (Å²) in [5, 5.41) is 8.89. The van der Waals surface area contributed by atoms with Gasteiger partial charge in [-0.25, -0.2) is 0 Å². The zero-order valence-corrected chi connectivity index (χ0v) is 4.05. The molecular formula is C2HN3OS. The lowest BCUT2D eigenvalue weighted by molar-refractivity contribution is 0.0135. The Kier molecular flexibility index (Phi) is 0.435. The van der Waals surface area contributed by atoms with Crippen LogP contribution in [0.2, 0.25) is 0 Å². The van der Waals surface area contributed by atoms with Crippen LogP contribution in [0.15, 0.2) is 21.6 Å². The van der Waals surface area contributed by atoms with Crippen molar-refractivity contribution in [2.75, 3.05) is 0 Å². The van der Waals surface area contributed by atoms with Crippen molar-refractivity contribution < 1.29 is 4.84 Å². The van der Waals surface area contributed by atoms with Crippen molar-refractivity contribution in [2.24, 2.45) is 10.3 Å². The fraction of sp³-hybridized carbons (Fsp3) is 0. The maximum absolute atomic E-state index is 4.80. The lowest BCUT2D eigenvalue weighted by Crippen LogP contribution is -1.92. The molecular weight excluding hydrogens is 114 g/mol. The Morgan fingerprint density at radius 3 is 3.00 bits per heavy atom. The highest BCUT2D eigenvalue weighted by Gasteiger charge is 2.20. The van der Waals surface area contributed by atoms with Gasteiger partial charge in [-0.05, 0) is 9.80 Å². The zero-order chi connectivity index (χ0) is 4.69. The van der Waals surface area contributed by atoms with Crippen LogP contribution < -0.4 is 0 Å². The second kappa shape index (κ2) is 0.919. The molecule has 0 spiro atoms. The molecule has 2 aliphatic rings. The van der Waals surface area contributed by atoms with Crippen molar-refractivity contribution >= 4 is 11.9 Å². The molecule has 0 fully saturated rings. The van der Waals surface area contributed by atoms with Crippen LogP contribution in [0.4, 0.5) is 0 Å². The van der Waals surface area contributed by atoms with E-state index in [2.05, 4.69) is 10.3 Å². The third-order valence-electron chi connectivity index (χ3n) is 0.632. The number of hydrogen-bond donors (Lipinski definition) is 0. The Morgan fingerprint density at radius 2 is 2.86 bits per heavy atom. The van der Waals surface area contributed by atoms with Crippen LogP contribution in [0.1, 0.15) is 0 Å². The molecule has 4 nitrogen and oxygen atoms in total. The molecule has 0 N–H and O–H groups in total.